The van der Waals surface area contributed by atoms with E-state index in [1.807, 2.05) is 0 Å². The van der Waals surface area contributed by atoms with Gasteiger partial charge < -0.3 is 15.2 Å². The van der Waals surface area contributed by atoms with E-state index in [4.69, 9.17) is 4.74 Å². The number of Topliss-reactive ketones (excluding diaryl/α,β-unsaturated/α-hetero) is 1. The van der Waals surface area contributed by atoms with Crippen molar-refractivity contribution in [1.29, 1.82) is 0 Å². The molecule has 1 heterocycles. The molecule has 2 rings (SSSR count). The van der Waals surface area contributed by atoms with Crippen molar-refractivity contribution in [2.45, 2.75) is 20.0 Å². The van der Waals surface area contributed by atoms with Crippen LogP contribution < -0.4 is 5.32 Å². The van der Waals surface area contributed by atoms with E-state index in [9.17, 15) is 14.7 Å². The van der Waals surface area contributed by atoms with Gasteiger partial charge in [0, 0.05) is 13.1 Å². The third kappa shape index (κ3) is 2.23. The number of allylic oxidation sites excluding steroid dienone is 3. The first-order valence-corrected chi connectivity index (χ1v) is 6.01. The number of carbonyl (C=O) groups excluding carboxylic acids is 1. The molecule has 0 saturated carbocycles. The minimum atomic E-state index is -1.05. The molecule has 2 aliphatic rings. The highest BCUT2D eigenvalue weighted by Crippen LogP contribution is 2.30. The third-order valence-corrected chi connectivity index (χ3v) is 3.53. The molecular formula is C13H17NO4. The lowest BCUT2D eigenvalue weighted by Gasteiger charge is -2.32. The molecule has 0 aromatic heterocycles. The first-order chi connectivity index (χ1) is 8.52. The van der Waals surface area contributed by atoms with Crippen molar-refractivity contribution in [2.24, 2.45) is 5.92 Å². The molecule has 5 nitrogen and oxygen atoms in total. The van der Waals surface area contributed by atoms with E-state index in [1.54, 1.807) is 19.9 Å². The van der Waals surface area contributed by atoms with E-state index in [0.29, 0.717) is 18.7 Å². The number of rotatable bonds is 2. The number of carboxylic acid groups (broad SMARTS) is 1. The molecule has 1 fully saturated rings. The molecule has 1 saturated heterocycles. The second-order valence-electron chi connectivity index (χ2n) is 4.67. The zero-order chi connectivity index (χ0) is 13.3. The number of carbonyl (C=O) groups is 2. The molecule has 2 atom stereocenters. The smallest absolute Gasteiger partial charge is 0.332 e. The van der Waals surface area contributed by atoms with E-state index in [0.717, 1.165) is 12.1 Å². The van der Waals surface area contributed by atoms with Crippen molar-refractivity contribution in [2.75, 3.05) is 19.7 Å². The molecule has 1 aliphatic carbocycles. The summed E-state index contributed by atoms with van der Waals surface area (Å²) in [6.07, 6.45) is 1.19. The van der Waals surface area contributed by atoms with Gasteiger partial charge in [-0.2, -0.15) is 0 Å². The Bertz CT molecular complexity index is 444. The molecule has 2 N–H and O–H groups in total. The summed E-state index contributed by atoms with van der Waals surface area (Å²) in [7, 11) is 0. The Morgan fingerprint density at radius 2 is 2.22 bits per heavy atom. The highest BCUT2D eigenvalue weighted by Gasteiger charge is 2.39. The van der Waals surface area contributed by atoms with Crippen LogP contribution in [0.3, 0.4) is 0 Å². The summed E-state index contributed by atoms with van der Waals surface area (Å²) in [4.78, 5) is 23.6. The molecule has 1 aliphatic heterocycles. The SMILES string of the molecule is CC1=C(C)C(=O)C(C2CNCCO2)C(C(=O)O)=C1. The fraction of sp³-hybridized carbons (Fsp3) is 0.538. The third-order valence-electron chi connectivity index (χ3n) is 3.53. The zero-order valence-electron chi connectivity index (χ0n) is 10.5. The highest BCUT2D eigenvalue weighted by atomic mass is 16.5. The van der Waals surface area contributed by atoms with Crippen LogP contribution >= 0.6 is 0 Å². The lowest BCUT2D eigenvalue weighted by Crippen LogP contribution is -2.47. The number of aliphatic carboxylic acids is 1. The van der Waals surface area contributed by atoms with Gasteiger partial charge in [0.1, 0.15) is 0 Å². The van der Waals surface area contributed by atoms with E-state index in [2.05, 4.69) is 5.32 Å². The molecule has 0 aromatic rings. The Balaban J connectivity index is 2.35. The van der Waals surface area contributed by atoms with Crippen LogP contribution in [-0.4, -0.2) is 42.7 Å². The Kier molecular flexibility index (Phi) is 3.63. The van der Waals surface area contributed by atoms with Gasteiger partial charge in [-0.25, -0.2) is 4.79 Å². The normalized spacial score (nSPS) is 29.2. The second-order valence-corrected chi connectivity index (χ2v) is 4.67. The van der Waals surface area contributed by atoms with E-state index in [1.165, 1.54) is 0 Å². The maximum absolute atomic E-state index is 12.3. The predicted octanol–water partition coefficient (Wildman–Crippen LogP) is 0.521. The summed E-state index contributed by atoms with van der Waals surface area (Å²) >= 11 is 0. The van der Waals surface area contributed by atoms with Crippen LogP contribution in [0, 0.1) is 5.92 Å². The Labute approximate surface area is 106 Å². The van der Waals surface area contributed by atoms with E-state index < -0.39 is 18.0 Å². The first kappa shape index (κ1) is 13.0. The predicted molar refractivity (Wildman–Crippen MR) is 65.2 cm³/mol. The number of hydrogen-bond donors (Lipinski definition) is 2. The monoisotopic (exact) mass is 251 g/mol. The standard InChI is InChI=1S/C13H17NO4/c1-7-5-9(13(16)17)11(12(15)8(7)2)10-6-14-3-4-18-10/h5,10-11,14H,3-4,6H2,1-2H3,(H,16,17). The Morgan fingerprint density at radius 1 is 1.50 bits per heavy atom. The Morgan fingerprint density at radius 3 is 2.78 bits per heavy atom. The van der Waals surface area contributed by atoms with Crippen LogP contribution in [0.1, 0.15) is 13.8 Å². The average molecular weight is 251 g/mol. The molecule has 2 unspecified atom stereocenters. The quantitative estimate of drug-likeness (QED) is 0.748. The fourth-order valence-electron chi connectivity index (χ4n) is 2.36. The lowest BCUT2D eigenvalue weighted by molar-refractivity contribution is -0.137. The fourth-order valence-corrected chi connectivity index (χ4v) is 2.36. The maximum Gasteiger partial charge on any atom is 0.332 e. The summed E-state index contributed by atoms with van der Waals surface area (Å²) in [6, 6.07) is 0. The van der Waals surface area contributed by atoms with Gasteiger partial charge in [0.05, 0.1) is 24.2 Å². The largest absolute Gasteiger partial charge is 0.478 e. The van der Waals surface area contributed by atoms with E-state index >= 15 is 0 Å². The lowest BCUT2D eigenvalue weighted by atomic mass is 9.79. The molecule has 0 aromatic carbocycles. The van der Waals surface area contributed by atoms with Gasteiger partial charge in [-0.1, -0.05) is 0 Å². The van der Waals surface area contributed by atoms with Crippen molar-refractivity contribution >= 4 is 11.8 Å². The van der Waals surface area contributed by atoms with Crippen LogP contribution in [0.2, 0.25) is 0 Å². The number of ketones is 1. The van der Waals surface area contributed by atoms with Crippen LogP contribution in [0.4, 0.5) is 0 Å². The molecule has 5 heteroatoms. The molecule has 0 amide bonds. The average Bonchev–Trinajstić information content (AvgIpc) is 2.36. The number of ether oxygens (including phenoxy) is 1. The first-order valence-electron chi connectivity index (χ1n) is 6.01. The van der Waals surface area contributed by atoms with Gasteiger partial charge in [0.25, 0.3) is 0 Å². The van der Waals surface area contributed by atoms with Gasteiger partial charge >= 0.3 is 5.97 Å². The number of carboxylic acids is 1. The summed E-state index contributed by atoms with van der Waals surface area (Å²) in [6.45, 7) is 5.23. The van der Waals surface area contributed by atoms with Crippen LogP contribution in [0.5, 0.6) is 0 Å². The summed E-state index contributed by atoms with van der Waals surface area (Å²) < 4.78 is 5.54. The van der Waals surface area contributed by atoms with Gasteiger partial charge in [0.15, 0.2) is 5.78 Å². The van der Waals surface area contributed by atoms with E-state index in [-0.39, 0.29) is 11.4 Å². The minimum Gasteiger partial charge on any atom is -0.478 e. The summed E-state index contributed by atoms with van der Waals surface area (Å²) in [5.41, 5.74) is 1.48. The van der Waals surface area contributed by atoms with Crippen LogP contribution in [-0.2, 0) is 14.3 Å². The van der Waals surface area contributed by atoms with Crippen molar-refractivity contribution < 1.29 is 19.4 Å². The molecule has 0 radical (unpaired) electrons. The Hall–Kier alpha value is -1.46. The number of nitrogens with one attached hydrogen (secondary N) is 1. The zero-order valence-corrected chi connectivity index (χ0v) is 10.5. The van der Waals surface area contributed by atoms with Crippen molar-refractivity contribution in [3.63, 3.8) is 0 Å². The van der Waals surface area contributed by atoms with Gasteiger partial charge in [-0.05, 0) is 31.1 Å². The number of hydrogen-bond acceptors (Lipinski definition) is 4. The second kappa shape index (κ2) is 5.04. The van der Waals surface area contributed by atoms with Crippen LogP contribution in [0.15, 0.2) is 22.8 Å². The molecule has 98 valence electrons. The van der Waals surface area contributed by atoms with Crippen molar-refractivity contribution in [3.8, 4) is 0 Å². The number of morpholine rings is 1. The highest BCUT2D eigenvalue weighted by molar-refractivity contribution is 6.07. The van der Waals surface area contributed by atoms with Gasteiger partial charge in [0.2, 0.25) is 0 Å². The van der Waals surface area contributed by atoms with Crippen molar-refractivity contribution in [3.05, 3.63) is 22.8 Å². The minimum absolute atomic E-state index is 0.136. The van der Waals surface area contributed by atoms with Gasteiger partial charge in [-0.3, -0.25) is 4.79 Å². The molecule has 0 spiro atoms. The van der Waals surface area contributed by atoms with Crippen molar-refractivity contribution in [1.82, 2.24) is 5.32 Å². The van der Waals surface area contributed by atoms with Crippen LogP contribution in [0.25, 0.3) is 0 Å². The molecule has 18 heavy (non-hydrogen) atoms. The topological polar surface area (TPSA) is 75.6 Å². The summed E-state index contributed by atoms with van der Waals surface area (Å²) in [5.74, 6) is -1.88. The maximum atomic E-state index is 12.3. The molecular weight excluding hydrogens is 234 g/mol. The van der Waals surface area contributed by atoms with Gasteiger partial charge in [-0.15, -0.1) is 0 Å². The molecule has 0 bridgehead atoms. The summed E-state index contributed by atoms with van der Waals surface area (Å²) in [5, 5.41) is 12.4.